The summed E-state index contributed by atoms with van der Waals surface area (Å²) in [7, 11) is 0. The van der Waals surface area contributed by atoms with Crippen LogP contribution in [0.25, 0.3) is 0 Å². The van der Waals surface area contributed by atoms with Crippen LogP contribution in [-0.4, -0.2) is 65.9 Å². The minimum Gasteiger partial charge on any atom is -0.444 e. The third-order valence-electron chi connectivity index (χ3n) is 6.20. The lowest BCUT2D eigenvalue weighted by atomic mass is 9.95. The topological polar surface area (TPSA) is 136 Å². The standard InChI is InChI=1S/C25H24N2O10/c1-2-12-32-23-19-21(20-18(35-23)14-33-22(36-20)16-6-4-3-5-7-16)37-25(29)26(19)24(28)34-13-15-8-10-17(11-9-15)27(30)31/h2-11,18-23H,1,12-14H2/t18-,19-,20-,21-,22?,23+/m1/s1. The number of carbonyl (C=O) groups excluding carboxylic acids is 2. The third-order valence-corrected chi connectivity index (χ3v) is 6.20. The van der Waals surface area contributed by atoms with Crippen LogP contribution >= 0.6 is 0 Å². The van der Waals surface area contributed by atoms with Crippen LogP contribution in [-0.2, 0) is 35.0 Å². The average molecular weight is 512 g/mol. The lowest BCUT2D eigenvalue weighted by Crippen LogP contribution is -2.64. The van der Waals surface area contributed by atoms with Crippen LogP contribution in [0.1, 0.15) is 17.4 Å². The van der Waals surface area contributed by atoms with Crippen molar-refractivity contribution in [2.45, 2.75) is 43.5 Å². The Morgan fingerprint density at radius 3 is 2.59 bits per heavy atom. The van der Waals surface area contributed by atoms with E-state index in [1.54, 1.807) is 0 Å². The Kier molecular flexibility index (Phi) is 7.15. The molecule has 0 bridgehead atoms. The van der Waals surface area contributed by atoms with Crippen molar-refractivity contribution in [2.24, 2.45) is 0 Å². The maximum Gasteiger partial charge on any atom is 0.420 e. The van der Waals surface area contributed by atoms with E-state index in [1.165, 1.54) is 30.3 Å². The van der Waals surface area contributed by atoms with Gasteiger partial charge < -0.3 is 28.4 Å². The predicted octanol–water partition coefficient (Wildman–Crippen LogP) is 3.46. The number of nitro benzene ring substituents is 1. The summed E-state index contributed by atoms with van der Waals surface area (Å²) in [4.78, 5) is 37.0. The lowest BCUT2D eigenvalue weighted by Gasteiger charge is -2.46. The average Bonchev–Trinajstić information content (AvgIpc) is 3.28. The summed E-state index contributed by atoms with van der Waals surface area (Å²) in [6.07, 6.45) is -4.38. The monoisotopic (exact) mass is 512 g/mol. The zero-order chi connectivity index (χ0) is 25.9. The second kappa shape index (κ2) is 10.6. The van der Waals surface area contributed by atoms with Crippen LogP contribution < -0.4 is 0 Å². The lowest BCUT2D eigenvalue weighted by molar-refractivity contribution is -0.384. The van der Waals surface area contributed by atoms with E-state index >= 15 is 0 Å². The molecule has 5 rings (SSSR count). The van der Waals surface area contributed by atoms with Gasteiger partial charge >= 0.3 is 12.2 Å². The Morgan fingerprint density at radius 2 is 1.89 bits per heavy atom. The van der Waals surface area contributed by atoms with Crippen molar-refractivity contribution in [3.63, 3.8) is 0 Å². The molecule has 6 atom stereocenters. The summed E-state index contributed by atoms with van der Waals surface area (Å²) in [6.45, 7) is 3.66. The van der Waals surface area contributed by atoms with Gasteiger partial charge in [0.15, 0.2) is 18.7 Å². The highest BCUT2D eigenvalue weighted by atomic mass is 16.8. The fraction of sp³-hybridized carbons (Fsp3) is 0.360. The molecule has 37 heavy (non-hydrogen) atoms. The number of non-ortho nitro benzene ring substituents is 1. The van der Waals surface area contributed by atoms with Crippen molar-refractivity contribution in [3.8, 4) is 0 Å². The molecule has 3 aliphatic heterocycles. The number of fused-ring (bicyclic) bond motifs is 3. The molecule has 1 unspecified atom stereocenters. The van der Waals surface area contributed by atoms with Crippen LogP contribution in [0.5, 0.6) is 0 Å². The van der Waals surface area contributed by atoms with E-state index in [4.69, 9.17) is 28.4 Å². The Bertz CT molecular complexity index is 1160. The molecule has 3 saturated heterocycles. The number of amides is 2. The third kappa shape index (κ3) is 5.04. The molecule has 0 N–H and O–H groups in total. The minimum atomic E-state index is -1.04. The molecule has 3 aliphatic rings. The second-order valence-corrected chi connectivity index (χ2v) is 8.53. The van der Waals surface area contributed by atoms with Gasteiger partial charge in [-0.2, -0.15) is 4.90 Å². The summed E-state index contributed by atoms with van der Waals surface area (Å²) in [5, 5.41) is 10.8. The van der Waals surface area contributed by atoms with Crippen molar-refractivity contribution >= 4 is 17.9 Å². The Balaban J connectivity index is 1.33. The zero-order valence-corrected chi connectivity index (χ0v) is 19.5. The first-order valence-electron chi connectivity index (χ1n) is 11.6. The Morgan fingerprint density at radius 1 is 1.14 bits per heavy atom. The highest BCUT2D eigenvalue weighted by Gasteiger charge is 2.61. The Labute approximate surface area is 211 Å². The molecule has 0 aromatic heterocycles. The maximum atomic E-state index is 13.0. The summed E-state index contributed by atoms with van der Waals surface area (Å²) in [6, 6.07) is 13.8. The fourth-order valence-electron chi connectivity index (χ4n) is 4.47. The van der Waals surface area contributed by atoms with E-state index in [0.29, 0.717) is 5.56 Å². The number of nitrogens with zero attached hydrogens (tertiary/aromatic N) is 2. The predicted molar refractivity (Wildman–Crippen MR) is 124 cm³/mol. The molecule has 3 fully saturated rings. The molecule has 194 valence electrons. The number of hydrogen-bond acceptors (Lipinski definition) is 10. The van der Waals surface area contributed by atoms with E-state index in [2.05, 4.69) is 6.58 Å². The SMILES string of the molecule is C=CCO[C@H]1O[C@@H]2COC(c3ccccc3)O[C@H]2[C@@H]2OC(=O)N(C(=O)OCc3ccc([N+](=O)[O-])cc3)[C@@H]12. The molecule has 0 saturated carbocycles. The molecule has 0 aliphatic carbocycles. The molecule has 2 aromatic rings. The number of imide groups is 1. The van der Waals surface area contributed by atoms with Crippen LogP contribution in [0.4, 0.5) is 15.3 Å². The smallest absolute Gasteiger partial charge is 0.420 e. The minimum absolute atomic E-state index is 0.0950. The van der Waals surface area contributed by atoms with Gasteiger partial charge in [0.05, 0.1) is 18.1 Å². The molecular formula is C25H24N2O10. The summed E-state index contributed by atoms with van der Waals surface area (Å²) < 4.78 is 34.7. The van der Waals surface area contributed by atoms with Crippen molar-refractivity contribution in [2.75, 3.05) is 13.2 Å². The van der Waals surface area contributed by atoms with Crippen molar-refractivity contribution in [3.05, 3.63) is 88.5 Å². The molecular weight excluding hydrogens is 488 g/mol. The van der Waals surface area contributed by atoms with Gasteiger partial charge in [-0.15, -0.1) is 6.58 Å². The van der Waals surface area contributed by atoms with E-state index < -0.39 is 54.0 Å². The van der Waals surface area contributed by atoms with Gasteiger partial charge in [-0.25, -0.2) is 9.59 Å². The van der Waals surface area contributed by atoms with Crippen LogP contribution in [0.3, 0.4) is 0 Å². The van der Waals surface area contributed by atoms with Gasteiger partial charge in [-0.05, 0) is 17.7 Å². The largest absolute Gasteiger partial charge is 0.444 e. The molecule has 12 nitrogen and oxygen atoms in total. The first-order chi connectivity index (χ1) is 18.0. The molecule has 12 heteroatoms. The van der Waals surface area contributed by atoms with E-state index in [0.717, 1.165) is 10.5 Å². The fourth-order valence-corrected chi connectivity index (χ4v) is 4.47. The highest BCUT2D eigenvalue weighted by Crippen LogP contribution is 2.40. The quantitative estimate of drug-likeness (QED) is 0.308. The van der Waals surface area contributed by atoms with E-state index in [1.807, 2.05) is 30.3 Å². The van der Waals surface area contributed by atoms with Crippen LogP contribution in [0, 0.1) is 10.1 Å². The molecule has 3 heterocycles. The number of ether oxygens (including phenoxy) is 6. The first kappa shape index (κ1) is 24.8. The van der Waals surface area contributed by atoms with Crippen LogP contribution in [0.2, 0.25) is 0 Å². The number of rotatable bonds is 7. The number of carbonyl (C=O) groups is 2. The summed E-state index contributed by atoms with van der Waals surface area (Å²) in [5.74, 6) is 0. The van der Waals surface area contributed by atoms with Gasteiger partial charge in [0.2, 0.25) is 0 Å². The highest BCUT2D eigenvalue weighted by molar-refractivity contribution is 5.90. The van der Waals surface area contributed by atoms with Gasteiger partial charge in [0.25, 0.3) is 5.69 Å². The summed E-state index contributed by atoms with van der Waals surface area (Å²) >= 11 is 0. The van der Waals surface area contributed by atoms with Crippen molar-refractivity contribution < 1.29 is 42.9 Å². The number of hydrogen-bond donors (Lipinski definition) is 0. The molecule has 0 spiro atoms. The Hall–Kier alpha value is -3.84. The van der Waals surface area contributed by atoms with Gasteiger partial charge in [0.1, 0.15) is 24.9 Å². The van der Waals surface area contributed by atoms with Crippen molar-refractivity contribution in [1.29, 1.82) is 0 Å². The maximum absolute atomic E-state index is 13.0. The number of benzene rings is 2. The molecule has 0 radical (unpaired) electrons. The van der Waals surface area contributed by atoms with E-state index in [-0.39, 0.29) is 25.5 Å². The zero-order valence-electron chi connectivity index (χ0n) is 19.5. The van der Waals surface area contributed by atoms with Gasteiger partial charge in [0, 0.05) is 17.7 Å². The molecule has 2 amide bonds. The van der Waals surface area contributed by atoms with Crippen LogP contribution in [0.15, 0.2) is 67.3 Å². The van der Waals surface area contributed by atoms with Crippen molar-refractivity contribution in [1.82, 2.24) is 4.90 Å². The first-order valence-corrected chi connectivity index (χ1v) is 11.6. The summed E-state index contributed by atoms with van der Waals surface area (Å²) in [5.41, 5.74) is 1.19. The van der Waals surface area contributed by atoms with Gasteiger partial charge in [-0.1, -0.05) is 36.4 Å². The second-order valence-electron chi connectivity index (χ2n) is 8.53. The number of nitro groups is 1. The molecule has 2 aromatic carbocycles. The normalized spacial score (nSPS) is 28.5. The van der Waals surface area contributed by atoms with Gasteiger partial charge in [-0.3, -0.25) is 10.1 Å². The van der Waals surface area contributed by atoms with E-state index in [9.17, 15) is 19.7 Å².